The second-order valence-corrected chi connectivity index (χ2v) is 8.00. The van der Waals surface area contributed by atoms with Crippen molar-refractivity contribution in [2.45, 2.75) is 25.3 Å². The zero-order valence-electron chi connectivity index (χ0n) is 16.5. The van der Waals surface area contributed by atoms with Crippen LogP contribution in [0.25, 0.3) is 0 Å². The monoisotopic (exact) mass is 363 g/mol. The molecule has 0 aromatic heterocycles. The predicted molar refractivity (Wildman–Crippen MR) is 113 cm³/mol. The molecule has 0 aliphatic carbocycles. The maximum absolute atomic E-state index is 2.67. The molecule has 0 radical (unpaired) electrons. The zero-order valence-corrected chi connectivity index (χ0v) is 16.5. The second-order valence-electron chi connectivity index (χ2n) is 8.00. The minimum Gasteiger partial charge on any atom is -0.302 e. The van der Waals surface area contributed by atoms with Crippen molar-refractivity contribution in [2.24, 2.45) is 0 Å². The summed E-state index contributed by atoms with van der Waals surface area (Å²) in [4.78, 5) is 7.99. The first-order valence-corrected chi connectivity index (χ1v) is 10.7. The molecule has 2 heterocycles. The van der Waals surface area contributed by atoms with Crippen LogP contribution in [-0.4, -0.2) is 67.1 Å². The van der Waals surface area contributed by atoms with Gasteiger partial charge in [0.1, 0.15) is 0 Å². The van der Waals surface area contributed by atoms with E-state index in [1.807, 2.05) is 0 Å². The Morgan fingerprint density at radius 2 is 1.04 bits per heavy atom. The van der Waals surface area contributed by atoms with Crippen LogP contribution in [-0.2, 0) is 0 Å². The van der Waals surface area contributed by atoms with Crippen molar-refractivity contribution >= 4 is 0 Å². The second kappa shape index (κ2) is 9.50. The van der Waals surface area contributed by atoms with E-state index in [0.717, 1.165) is 13.1 Å². The van der Waals surface area contributed by atoms with Gasteiger partial charge < -0.3 is 4.90 Å². The number of nitrogens with zero attached hydrogens (tertiary/aromatic N) is 3. The molecule has 2 saturated heterocycles. The molecule has 2 aliphatic rings. The third kappa shape index (κ3) is 4.98. The average molecular weight is 364 g/mol. The smallest absolute Gasteiger partial charge is 0.0602 e. The third-order valence-electron chi connectivity index (χ3n) is 6.18. The Balaban J connectivity index is 1.37. The molecule has 2 aromatic carbocycles. The molecular weight excluding hydrogens is 330 g/mol. The number of hydrogen-bond donors (Lipinski definition) is 0. The van der Waals surface area contributed by atoms with Crippen LogP contribution in [0.2, 0.25) is 0 Å². The largest absolute Gasteiger partial charge is 0.302 e. The molecule has 0 amide bonds. The maximum Gasteiger partial charge on any atom is 0.0602 e. The first-order chi connectivity index (χ1) is 13.4. The van der Waals surface area contributed by atoms with Gasteiger partial charge in [0.05, 0.1) is 6.04 Å². The van der Waals surface area contributed by atoms with Gasteiger partial charge in [0.2, 0.25) is 0 Å². The molecule has 3 heteroatoms. The normalized spacial score (nSPS) is 20.2. The average Bonchev–Trinajstić information content (AvgIpc) is 2.76. The highest BCUT2D eigenvalue weighted by molar-refractivity contribution is 5.31. The summed E-state index contributed by atoms with van der Waals surface area (Å²) in [5.41, 5.74) is 2.82. The standard InChI is InChI=1S/C24H33N3/c1-4-10-22(11-5-1)24(23-12-6-2-7-13-23)27-20-18-26(19-21-27)17-16-25-14-8-3-9-15-25/h1-2,4-7,10-13,24H,3,8-9,14-21H2. The molecule has 0 saturated carbocycles. The van der Waals surface area contributed by atoms with Crippen LogP contribution in [0.4, 0.5) is 0 Å². The number of benzene rings is 2. The molecular formula is C24H33N3. The van der Waals surface area contributed by atoms with Gasteiger partial charge in [-0.15, -0.1) is 0 Å². The fourth-order valence-corrected chi connectivity index (χ4v) is 4.60. The Morgan fingerprint density at radius 3 is 1.56 bits per heavy atom. The Kier molecular flexibility index (Phi) is 6.57. The minimum atomic E-state index is 0.372. The fraction of sp³-hybridized carbons (Fsp3) is 0.500. The number of piperidine rings is 1. The van der Waals surface area contributed by atoms with E-state index >= 15 is 0 Å². The predicted octanol–water partition coefficient (Wildman–Crippen LogP) is 3.88. The van der Waals surface area contributed by atoms with Crippen molar-refractivity contribution in [3.8, 4) is 0 Å². The van der Waals surface area contributed by atoms with Crippen molar-refractivity contribution in [3.05, 3.63) is 71.8 Å². The molecule has 0 spiro atoms. The van der Waals surface area contributed by atoms with Crippen LogP contribution in [0.1, 0.15) is 36.4 Å². The summed E-state index contributed by atoms with van der Waals surface area (Å²) in [6.45, 7) is 9.76. The van der Waals surface area contributed by atoms with E-state index in [1.165, 1.54) is 69.7 Å². The lowest BCUT2D eigenvalue weighted by molar-refractivity contribution is 0.0962. The van der Waals surface area contributed by atoms with Gasteiger partial charge in [-0.3, -0.25) is 9.80 Å². The molecule has 3 nitrogen and oxygen atoms in total. The van der Waals surface area contributed by atoms with Crippen molar-refractivity contribution in [1.82, 2.24) is 14.7 Å². The summed E-state index contributed by atoms with van der Waals surface area (Å²) in [5.74, 6) is 0. The molecule has 4 rings (SSSR count). The van der Waals surface area contributed by atoms with Gasteiger partial charge in [-0.1, -0.05) is 67.1 Å². The summed E-state index contributed by atoms with van der Waals surface area (Å²) >= 11 is 0. The first-order valence-electron chi connectivity index (χ1n) is 10.7. The lowest BCUT2D eigenvalue weighted by Crippen LogP contribution is -2.49. The van der Waals surface area contributed by atoms with Gasteiger partial charge in [0.15, 0.2) is 0 Å². The van der Waals surface area contributed by atoms with Gasteiger partial charge in [-0.25, -0.2) is 0 Å². The lowest BCUT2D eigenvalue weighted by atomic mass is 9.96. The molecule has 2 aromatic rings. The highest BCUT2D eigenvalue weighted by Gasteiger charge is 2.26. The van der Waals surface area contributed by atoms with E-state index in [1.54, 1.807) is 0 Å². The summed E-state index contributed by atoms with van der Waals surface area (Å²) in [7, 11) is 0. The minimum absolute atomic E-state index is 0.372. The van der Waals surface area contributed by atoms with E-state index in [0.29, 0.717) is 6.04 Å². The summed E-state index contributed by atoms with van der Waals surface area (Å²) in [6.07, 6.45) is 4.21. The van der Waals surface area contributed by atoms with E-state index < -0.39 is 0 Å². The highest BCUT2D eigenvalue weighted by atomic mass is 15.3. The fourth-order valence-electron chi connectivity index (χ4n) is 4.60. The zero-order chi connectivity index (χ0) is 18.3. The highest BCUT2D eigenvalue weighted by Crippen LogP contribution is 2.29. The Labute approximate surface area is 164 Å². The summed E-state index contributed by atoms with van der Waals surface area (Å²) < 4.78 is 0. The number of likely N-dealkylation sites (tertiary alicyclic amines) is 1. The molecule has 0 atom stereocenters. The van der Waals surface area contributed by atoms with Gasteiger partial charge in [-0.2, -0.15) is 0 Å². The topological polar surface area (TPSA) is 9.72 Å². The summed E-state index contributed by atoms with van der Waals surface area (Å²) in [6, 6.07) is 22.4. The van der Waals surface area contributed by atoms with Crippen molar-refractivity contribution in [3.63, 3.8) is 0 Å². The van der Waals surface area contributed by atoms with Crippen LogP contribution in [0, 0.1) is 0 Å². The molecule has 0 N–H and O–H groups in total. The maximum atomic E-state index is 2.67. The van der Waals surface area contributed by atoms with Crippen molar-refractivity contribution in [1.29, 1.82) is 0 Å². The molecule has 144 valence electrons. The molecule has 0 bridgehead atoms. The van der Waals surface area contributed by atoms with E-state index in [-0.39, 0.29) is 0 Å². The number of rotatable bonds is 6. The SMILES string of the molecule is c1ccc(C(c2ccccc2)N2CCN(CCN3CCCCC3)CC2)cc1. The molecule has 2 fully saturated rings. The lowest BCUT2D eigenvalue weighted by Gasteiger charge is -2.40. The molecule has 27 heavy (non-hydrogen) atoms. The molecule has 2 aliphatic heterocycles. The van der Waals surface area contributed by atoms with E-state index in [9.17, 15) is 0 Å². The van der Waals surface area contributed by atoms with Crippen LogP contribution in [0.5, 0.6) is 0 Å². The summed E-state index contributed by atoms with van der Waals surface area (Å²) in [5, 5.41) is 0. The Bertz CT molecular complexity index is 619. The van der Waals surface area contributed by atoms with Gasteiger partial charge >= 0.3 is 0 Å². The van der Waals surface area contributed by atoms with E-state index in [4.69, 9.17) is 0 Å². The van der Waals surface area contributed by atoms with E-state index in [2.05, 4.69) is 75.4 Å². The van der Waals surface area contributed by atoms with Crippen molar-refractivity contribution < 1.29 is 0 Å². The Hall–Kier alpha value is -1.68. The van der Waals surface area contributed by atoms with Crippen LogP contribution >= 0.6 is 0 Å². The van der Waals surface area contributed by atoms with Crippen LogP contribution < -0.4 is 0 Å². The Morgan fingerprint density at radius 1 is 0.556 bits per heavy atom. The quantitative estimate of drug-likeness (QED) is 0.771. The number of piperazine rings is 1. The van der Waals surface area contributed by atoms with Gasteiger partial charge in [0, 0.05) is 39.3 Å². The van der Waals surface area contributed by atoms with Crippen molar-refractivity contribution in [2.75, 3.05) is 52.4 Å². The van der Waals surface area contributed by atoms with Crippen LogP contribution in [0.3, 0.4) is 0 Å². The number of hydrogen-bond acceptors (Lipinski definition) is 3. The van der Waals surface area contributed by atoms with Crippen LogP contribution in [0.15, 0.2) is 60.7 Å². The molecule has 0 unspecified atom stereocenters. The third-order valence-corrected chi connectivity index (χ3v) is 6.18. The first kappa shape index (κ1) is 18.7. The van der Waals surface area contributed by atoms with Gasteiger partial charge in [-0.05, 0) is 37.1 Å². The van der Waals surface area contributed by atoms with Gasteiger partial charge in [0.25, 0.3) is 0 Å².